The molecule has 1 aliphatic carbocycles. The van der Waals surface area contributed by atoms with Gasteiger partial charge in [0.05, 0.1) is 11.4 Å². The summed E-state index contributed by atoms with van der Waals surface area (Å²) in [4.78, 5) is 0. The van der Waals surface area contributed by atoms with Gasteiger partial charge in [0.15, 0.2) is 0 Å². The summed E-state index contributed by atoms with van der Waals surface area (Å²) in [5, 5.41) is 7.31. The number of H-pyrrole nitrogens is 1. The number of hydrogen-bond donors (Lipinski definition) is 1. The van der Waals surface area contributed by atoms with Gasteiger partial charge in [-0.2, -0.15) is 5.10 Å². The van der Waals surface area contributed by atoms with Crippen LogP contribution in [0.25, 0.3) is 11.3 Å². The third-order valence-corrected chi connectivity index (χ3v) is 2.85. The zero-order valence-electron chi connectivity index (χ0n) is 8.20. The third kappa shape index (κ3) is 1.09. The molecule has 3 rings (SSSR count). The number of nitrogens with one attached hydrogen (secondary N) is 1. The van der Waals surface area contributed by atoms with Gasteiger partial charge in [0, 0.05) is 30.9 Å². The lowest BCUT2D eigenvalue weighted by Gasteiger charge is -2.02. The molecule has 0 amide bonds. The lowest BCUT2D eigenvalue weighted by atomic mass is 10.1. The van der Waals surface area contributed by atoms with Crippen molar-refractivity contribution in [3.05, 3.63) is 30.2 Å². The molecule has 0 aromatic carbocycles. The number of nitrogens with zero attached hydrogens (tertiary/aromatic N) is 2. The second-order valence-electron chi connectivity index (χ2n) is 3.96. The maximum absolute atomic E-state index is 4.34. The molecule has 2 heterocycles. The van der Waals surface area contributed by atoms with E-state index >= 15 is 0 Å². The molecule has 2 aromatic rings. The van der Waals surface area contributed by atoms with Gasteiger partial charge in [-0.15, -0.1) is 0 Å². The van der Waals surface area contributed by atoms with E-state index in [1.54, 1.807) is 0 Å². The lowest BCUT2D eigenvalue weighted by Crippen LogP contribution is -1.91. The normalized spacial score (nSPS) is 16.1. The molecule has 1 saturated carbocycles. The Hall–Kier alpha value is -1.51. The standard InChI is InChI=1S/C11H13N3/c1-14-6-2-3-10(14)9-7-12-13-11(9)8-4-5-8/h2-3,6-8H,4-5H2,1H3,(H,12,13). The molecular formula is C11H13N3. The molecule has 3 heteroatoms. The highest BCUT2D eigenvalue weighted by Crippen LogP contribution is 2.43. The van der Waals surface area contributed by atoms with E-state index in [0.29, 0.717) is 5.92 Å². The van der Waals surface area contributed by atoms with Crippen LogP contribution < -0.4 is 0 Å². The minimum absolute atomic E-state index is 0.700. The first-order chi connectivity index (χ1) is 6.86. The molecule has 1 fully saturated rings. The molecule has 0 unspecified atom stereocenters. The third-order valence-electron chi connectivity index (χ3n) is 2.85. The van der Waals surface area contributed by atoms with E-state index in [2.05, 4.69) is 40.1 Å². The molecule has 14 heavy (non-hydrogen) atoms. The van der Waals surface area contributed by atoms with Crippen molar-refractivity contribution >= 4 is 0 Å². The predicted octanol–water partition coefficient (Wildman–Crippen LogP) is 2.29. The Balaban J connectivity index is 2.11. The molecule has 0 atom stereocenters. The zero-order chi connectivity index (χ0) is 9.54. The van der Waals surface area contributed by atoms with Crippen molar-refractivity contribution in [1.82, 2.24) is 14.8 Å². The van der Waals surface area contributed by atoms with Gasteiger partial charge in [0.2, 0.25) is 0 Å². The Kier molecular flexibility index (Phi) is 1.54. The Morgan fingerprint density at radius 2 is 2.36 bits per heavy atom. The van der Waals surface area contributed by atoms with Crippen LogP contribution in [0, 0.1) is 0 Å². The number of aryl methyl sites for hydroxylation is 1. The minimum atomic E-state index is 0.700. The molecule has 72 valence electrons. The van der Waals surface area contributed by atoms with Gasteiger partial charge in [0.25, 0.3) is 0 Å². The number of aromatic nitrogens is 3. The summed E-state index contributed by atoms with van der Waals surface area (Å²) in [6.45, 7) is 0. The van der Waals surface area contributed by atoms with Crippen LogP contribution in [0.3, 0.4) is 0 Å². The second-order valence-corrected chi connectivity index (χ2v) is 3.96. The predicted molar refractivity (Wildman–Crippen MR) is 55.0 cm³/mol. The van der Waals surface area contributed by atoms with E-state index < -0.39 is 0 Å². The summed E-state index contributed by atoms with van der Waals surface area (Å²) in [5.41, 5.74) is 3.76. The molecule has 1 N–H and O–H groups in total. The first-order valence-electron chi connectivity index (χ1n) is 5.01. The van der Waals surface area contributed by atoms with Crippen molar-refractivity contribution in [3.63, 3.8) is 0 Å². The quantitative estimate of drug-likeness (QED) is 0.769. The Morgan fingerprint density at radius 3 is 3.00 bits per heavy atom. The molecule has 0 aliphatic heterocycles. The Labute approximate surface area is 82.8 Å². The van der Waals surface area contributed by atoms with Crippen molar-refractivity contribution in [3.8, 4) is 11.3 Å². The van der Waals surface area contributed by atoms with Gasteiger partial charge in [0.1, 0.15) is 0 Å². The highest BCUT2D eigenvalue weighted by Gasteiger charge is 2.29. The highest BCUT2D eigenvalue weighted by molar-refractivity contribution is 5.63. The van der Waals surface area contributed by atoms with Crippen molar-refractivity contribution in [2.24, 2.45) is 7.05 Å². The Bertz CT molecular complexity index is 449. The van der Waals surface area contributed by atoms with Crippen LogP contribution in [0.4, 0.5) is 0 Å². The number of rotatable bonds is 2. The highest BCUT2D eigenvalue weighted by atomic mass is 15.1. The van der Waals surface area contributed by atoms with Crippen LogP contribution in [0.1, 0.15) is 24.5 Å². The number of hydrogen-bond acceptors (Lipinski definition) is 1. The van der Waals surface area contributed by atoms with Gasteiger partial charge >= 0.3 is 0 Å². The summed E-state index contributed by atoms with van der Waals surface area (Å²) in [6, 6.07) is 4.20. The fraction of sp³-hybridized carbons (Fsp3) is 0.364. The number of aromatic amines is 1. The molecule has 2 aromatic heterocycles. The van der Waals surface area contributed by atoms with Crippen LogP contribution in [-0.2, 0) is 7.05 Å². The van der Waals surface area contributed by atoms with Crippen molar-refractivity contribution in [2.75, 3.05) is 0 Å². The SMILES string of the molecule is Cn1cccc1-c1c[nH]nc1C1CC1. The van der Waals surface area contributed by atoms with E-state index in [9.17, 15) is 0 Å². The van der Waals surface area contributed by atoms with Crippen molar-refractivity contribution in [2.45, 2.75) is 18.8 Å². The fourth-order valence-corrected chi connectivity index (χ4v) is 1.91. The van der Waals surface area contributed by atoms with Crippen LogP contribution in [0.5, 0.6) is 0 Å². The summed E-state index contributed by atoms with van der Waals surface area (Å²) in [7, 11) is 2.07. The van der Waals surface area contributed by atoms with Crippen LogP contribution in [0.2, 0.25) is 0 Å². The van der Waals surface area contributed by atoms with E-state index in [0.717, 1.165) is 0 Å². The largest absolute Gasteiger partial charge is 0.350 e. The fourth-order valence-electron chi connectivity index (χ4n) is 1.91. The summed E-state index contributed by atoms with van der Waals surface area (Å²) >= 11 is 0. The summed E-state index contributed by atoms with van der Waals surface area (Å²) in [5.74, 6) is 0.700. The first kappa shape index (κ1) is 7.85. The lowest BCUT2D eigenvalue weighted by molar-refractivity contribution is 0.927. The average molecular weight is 187 g/mol. The van der Waals surface area contributed by atoms with Crippen molar-refractivity contribution in [1.29, 1.82) is 0 Å². The molecule has 0 spiro atoms. The molecule has 0 saturated heterocycles. The van der Waals surface area contributed by atoms with E-state index in [1.807, 2.05) is 6.20 Å². The molecule has 1 aliphatic rings. The van der Waals surface area contributed by atoms with E-state index in [-0.39, 0.29) is 0 Å². The maximum Gasteiger partial charge on any atom is 0.0746 e. The van der Waals surface area contributed by atoms with Gasteiger partial charge in [-0.1, -0.05) is 0 Å². The molecule has 0 radical (unpaired) electrons. The minimum Gasteiger partial charge on any atom is -0.350 e. The maximum atomic E-state index is 4.34. The van der Waals surface area contributed by atoms with Crippen LogP contribution in [-0.4, -0.2) is 14.8 Å². The van der Waals surface area contributed by atoms with Crippen LogP contribution >= 0.6 is 0 Å². The topological polar surface area (TPSA) is 33.6 Å². The van der Waals surface area contributed by atoms with Gasteiger partial charge in [-0.25, -0.2) is 0 Å². The Morgan fingerprint density at radius 1 is 1.50 bits per heavy atom. The smallest absolute Gasteiger partial charge is 0.0746 e. The van der Waals surface area contributed by atoms with Gasteiger partial charge in [-0.05, 0) is 25.0 Å². The molecule has 3 nitrogen and oxygen atoms in total. The van der Waals surface area contributed by atoms with Gasteiger partial charge in [-0.3, -0.25) is 5.10 Å². The van der Waals surface area contributed by atoms with Crippen molar-refractivity contribution < 1.29 is 0 Å². The van der Waals surface area contributed by atoms with Crippen LogP contribution in [0.15, 0.2) is 24.5 Å². The average Bonchev–Trinajstić information content (AvgIpc) is 2.75. The van der Waals surface area contributed by atoms with E-state index in [4.69, 9.17) is 0 Å². The molecule has 0 bridgehead atoms. The monoisotopic (exact) mass is 187 g/mol. The zero-order valence-corrected chi connectivity index (χ0v) is 8.20. The van der Waals surface area contributed by atoms with E-state index in [1.165, 1.54) is 29.8 Å². The first-order valence-corrected chi connectivity index (χ1v) is 5.01. The summed E-state index contributed by atoms with van der Waals surface area (Å²) < 4.78 is 2.14. The second kappa shape index (κ2) is 2.74. The summed E-state index contributed by atoms with van der Waals surface area (Å²) in [6.07, 6.45) is 6.66. The molecular weight excluding hydrogens is 174 g/mol. The van der Waals surface area contributed by atoms with Gasteiger partial charge < -0.3 is 4.57 Å².